The van der Waals surface area contributed by atoms with Gasteiger partial charge in [-0.05, 0) is 37.7 Å². The predicted octanol–water partition coefficient (Wildman–Crippen LogP) is 3.59. The summed E-state index contributed by atoms with van der Waals surface area (Å²) in [4.78, 5) is 38.2. The van der Waals surface area contributed by atoms with E-state index in [0.29, 0.717) is 31.2 Å². The number of ether oxygens (including phenoxy) is 1. The summed E-state index contributed by atoms with van der Waals surface area (Å²) >= 11 is 0. The van der Waals surface area contributed by atoms with E-state index in [0.717, 1.165) is 19.3 Å². The van der Waals surface area contributed by atoms with Gasteiger partial charge in [-0.3, -0.25) is 9.59 Å². The molecule has 0 saturated carbocycles. The topological polar surface area (TPSA) is 75.7 Å². The van der Waals surface area contributed by atoms with E-state index in [4.69, 9.17) is 4.74 Å². The van der Waals surface area contributed by atoms with Crippen molar-refractivity contribution in [2.24, 2.45) is 5.92 Å². The average molecular weight is 389 g/mol. The lowest BCUT2D eigenvalue weighted by molar-refractivity contribution is -0.132. The summed E-state index contributed by atoms with van der Waals surface area (Å²) in [7, 11) is 0. The fraction of sp³-hybridized carbons (Fsp3) is 0.591. The number of hydrogen-bond donors (Lipinski definition) is 1. The Kier molecular flexibility index (Phi) is 8.48. The first kappa shape index (κ1) is 21.9. The molecule has 1 heterocycles. The van der Waals surface area contributed by atoms with Gasteiger partial charge in [-0.25, -0.2) is 4.79 Å². The number of hydrogen-bond acceptors (Lipinski definition) is 4. The zero-order valence-corrected chi connectivity index (χ0v) is 17.2. The molecular formula is C22H32N2O4. The molecule has 1 N–H and O–H groups in total. The Labute approximate surface area is 167 Å². The Bertz CT molecular complexity index is 670. The molecule has 154 valence electrons. The summed E-state index contributed by atoms with van der Waals surface area (Å²) in [6.45, 7) is 7.54. The lowest BCUT2D eigenvalue weighted by Crippen LogP contribution is -2.49. The maximum Gasteiger partial charge on any atom is 0.407 e. The smallest absolute Gasteiger partial charge is 0.407 e. The minimum absolute atomic E-state index is 0.0114. The van der Waals surface area contributed by atoms with Crippen LogP contribution < -0.4 is 5.32 Å². The maximum absolute atomic E-state index is 12.5. The number of nitrogens with one attached hydrogen (secondary N) is 1. The van der Waals surface area contributed by atoms with E-state index in [-0.39, 0.29) is 30.6 Å². The lowest BCUT2D eigenvalue weighted by atomic mass is 9.99. The fourth-order valence-electron chi connectivity index (χ4n) is 3.48. The molecule has 2 rings (SSSR count). The van der Waals surface area contributed by atoms with E-state index in [2.05, 4.69) is 19.2 Å². The summed E-state index contributed by atoms with van der Waals surface area (Å²) in [5.74, 6) is 0.522. The van der Waals surface area contributed by atoms with Crippen molar-refractivity contribution in [2.75, 3.05) is 19.7 Å². The second-order valence-electron chi connectivity index (χ2n) is 7.76. The molecular weight excluding hydrogens is 356 g/mol. The zero-order chi connectivity index (χ0) is 20.5. The van der Waals surface area contributed by atoms with Crippen LogP contribution in [0.2, 0.25) is 0 Å². The molecule has 1 unspecified atom stereocenters. The fourth-order valence-corrected chi connectivity index (χ4v) is 3.48. The van der Waals surface area contributed by atoms with Gasteiger partial charge in [0.15, 0.2) is 5.78 Å². The Hall–Kier alpha value is -2.37. The highest BCUT2D eigenvalue weighted by molar-refractivity contribution is 5.98. The number of Topliss-reactive ketones (excluding diaryl/α,β-unsaturated/α-hetero) is 1. The number of likely N-dealkylation sites (tertiary alicyclic amines) is 1. The SMILES string of the molecule is CCOC(=O)NC1CCCN(C(=O)CCC(=O)c2ccc(CC(C)C)cc2)C1. The Balaban J connectivity index is 1.80. The van der Waals surface area contributed by atoms with Crippen LogP contribution in [0.1, 0.15) is 62.4 Å². The minimum Gasteiger partial charge on any atom is -0.450 e. The van der Waals surface area contributed by atoms with Crippen molar-refractivity contribution in [2.45, 2.75) is 58.9 Å². The number of alkyl carbamates (subject to hydrolysis) is 1. The van der Waals surface area contributed by atoms with Gasteiger partial charge in [0.05, 0.1) is 6.61 Å². The largest absolute Gasteiger partial charge is 0.450 e. The van der Waals surface area contributed by atoms with Crippen LogP contribution in [0, 0.1) is 5.92 Å². The normalized spacial score (nSPS) is 16.7. The van der Waals surface area contributed by atoms with Crippen LogP contribution in [-0.2, 0) is 16.0 Å². The molecule has 0 spiro atoms. The molecule has 1 saturated heterocycles. The van der Waals surface area contributed by atoms with Gasteiger partial charge in [-0.2, -0.15) is 0 Å². The van der Waals surface area contributed by atoms with E-state index < -0.39 is 6.09 Å². The minimum atomic E-state index is -0.446. The summed E-state index contributed by atoms with van der Waals surface area (Å²) in [6.07, 6.45) is 2.59. The van der Waals surface area contributed by atoms with Crippen LogP contribution in [0.4, 0.5) is 4.79 Å². The molecule has 28 heavy (non-hydrogen) atoms. The van der Waals surface area contributed by atoms with Crippen molar-refractivity contribution in [1.82, 2.24) is 10.2 Å². The second kappa shape index (κ2) is 10.8. The van der Waals surface area contributed by atoms with E-state index >= 15 is 0 Å². The third-order valence-corrected chi connectivity index (χ3v) is 4.86. The summed E-state index contributed by atoms with van der Waals surface area (Å²) < 4.78 is 4.90. The van der Waals surface area contributed by atoms with Crippen LogP contribution in [0.15, 0.2) is 24.3 Å². The predicted molar refractivity (Wildman–Crippen MR) is 108 cm³/mol. The summed E-state index contributed by atoms with van der Waals surface area (Å²) in [5.41, 5.74) is 1.87. The van der Waals surface area contributed by atoms with Crippen LogP contribution in [0.25, 0.3) is 0 Å². The molecule has 1 aromatic carbocycles. The highest BCUT2D eigenvalue weighted by Crippen LogP contribution is 2.15. The van der Waals surface area contributed by atoms with Crippen molar-refractivity contribution >= 4 is 17.8 Å². The van der Waals surface area contributed by atoms with Crippen molar-refractivity contribution in [3.05, 3.63) is 35.4 Å². The number of rotatable bonds is 8. The monoisotopic (exact) mass is 388 g/mol. The highest BCUT2D eigenvalue weighted by atomic mass is 16.5. The molecule has 6 heteroatoms. The molecule has 1 aromatic rings. The highest BCUT2D eigenvalue weighted by Gasteiger charge is 2.25. The van der Waals surface area contributed by atoms with Gasteiger partial charge in [0, 0.05) is 37.5 Å². The Morgan fingerprint density at radius 2 is 1.89 bits per heavy atom. The van der Waals surface area contributed by atoms with E-state index in [1.807, 2.05) is 24.3 Å². The van der Waals surface area contributed by atoms with Crippen LogP contribution in [-0.4, -0.2) is 48.4 Å². The molecule has 6 nitrogen and oxygen atoms in total. The van der Waals surface area contributed by atoms with Crippen molar-refractivity contribution in [3.63, 3.8) is 0 Å². The number of amides is 2. The number of ketones is 1. The first-order valence-electron chi connectivity index (χ1n) is 10.2. The maximum atomic E-state index is 12.5. The van der Waals surface area contributed by atoms with Gasteiger partial charge in [0.25, 0.3) is 0 Å². The summed E-state index contributed by atoms with van der Waals surface area (Å²) in [5, 5.41) is 2.79. The molecule has 1 aliphatic heterocycles. The van der Waals surface area contributed by atoms with Crippen molar-refractivity contribution in [3.8, 4) is 0 Å². The quantitative estimate of drug-likeness (QED) is 0.691. The van der Waals surface area contributed by atoms with E-state index in [9.17, 15) is 14.4 Å². The van der Waals surface area contributed by atoms with Crippen LogP contribution in [0.5, 0.6) is 0 Å². The van der Waals surface area contributed by atoms with Gasteiger partial charge < -0.3 is 15.0 Å². The average Bonchev–Trinajstić information content (AvgIpc) is 2.66. The van der Waals surface area contributed by atoms with Crippen LogP contribution in [0.3, 0.4) is 0 Å². The molecule has 0 aliphatic carbocycles. The molecule has 1 fully saturated rings. The summed E-state index contributed by atoms with van der Waals surface area (Å²) in [6, 6.07) is 7.59. The Morgan fingerprint density at radius 3 is 2.54 bits per heavy atom. The molecule has 1 aliphatic rings. The standard InChI is InChI=1S/C22H32N2O4/c1-4-28-22(27)23-19-6-5-13-24(15-19)21(26)12-11-20(25)18-9-7-17(8-10-18)14-16(2)3/h7-10,16,19H,4-6,11-15H2,1-3H3,(H,23,27). The third-order valence-electron chi connectivity index (χ3n) is 4.86. The number of benzene rings is 1. The first-order valence-corrected chi connectivity index (χ1v) is 10.2. The number of piperidine rings is 1. The number of nitrogens with zero attached hydrogens (tertiary/aromatic N) is 1. The number of carbonyl (C=O) groups is 3. The van der Waals surface area contributed by atoms with Gasteiger partial charge in [0.2, 0.25) is 5.91 Å². The van der Waals surface area contributed by atoms with Gasteiger partial charge in [-0.1, -0.05) is 38.1 Å². The van der Waals surface area contributed by atoms with Gasteiger partial charge in [0.1, 0.15) is 0 Å². The lowest BCUT2D eigenvalue weighted by Gasteiger charge is -2.33. The first-order chi connectivity index (χ1) is 13.4. The van der Waals surface area contributed by atoms with E-state index in [1.165, 1.54) is 5.56 Å². The van der Waals surface area contributed by atoms with Gasteiger partial charge in [-0.15, -0.1) is 0 Å². The molecule has 1 atom stereocenters. The zero-order valence-electron chi connectivity index (χ0n) is 17.2. The molecule has 2 amide bonds. The third kappa shape index (κ3) is 6.98. The van der Waals surface area contributed by atoms with Crippen molar-refractivity contribution < 1.29 is 19.1 Å². The second-order valence-corrected chi connectivity index (χ2v) is 7.76. The van der Waals surface area contributed by atoms with Crippen molar-refractivity contribution in [1.29, 1.82) is 0 Å². The van der Waals surface area contributed by atoms with Gasteiger partial charge >= 0.3 is 6.09 Å². The molecule has 0 aromatic heterocycles. The van der Waals surface area contributed by atoms with Crippen LogP contribution >= 0.6 is 0 Å². The Morgan fingerprint density at radius 1 is 1.18 bits per heavy atom. The molecule has 0 bridgehead atoms. The van der Waals surface area contributed by atoms with E-state index in [1.54, 1.807) is 11.8 Å². The number of carbonyl (C=O) groups excluding carboxylic acids is 3. The molecule has 0 radical (unpaired) electrons.